The van der Waals surface area contributed by atoms with Crippen LogP contribution in [0, 0.1) is 0 Å². The fourth-order valence-corrected chi connectivity index (χ4v) is 5.24. The third kappa shape index (κ3) is 2.93. The van der Waals surface area contributed by atoms with Crippen molar-refractivity contribution in [1.82, 2.24) is 20.3 Å². The zero-order valence-electron chi connectivity index (χ0n) is 12.7. The summed E-state index contributed by atoms with van der Waals surface area (Å²) in [7, 11) is 1.90. The smallest absolute Gasteiger partial charge is 0.106 e. The summed E-state index contributed by atoms with van der Waals surface area (Å²) in [6, 6.07) is 2.62. The lowest BCUT2D eigenvalue weighted by Gasteiger charge is -2.45. The van der Waals surface area contributed by atoms with E-state index in [9.17, 15) is 0 Å². The monoisotopic (exact) mass is 354 g/mol. The number of ether oxygens (including phenoxy) is 1. The minimum atomic E-state index is -0.238. The first-order valence-electron chi connectivity index (χ1n) is 7.61. The first kappa shape index (κ1) is 16.9. The maximum Gasteiger partial charge on any atom is 0.106 e. The first-order valence-corrected chi connectivity index (χ1v) is 8.80. The largest absolute Gasteiger partial charge is 0.369 e. The lowest BCUT2D eigenvalue weighted by atomic mass is 9.79. The van der Waals surface area contributed by atoms with Crippen LogP contribution in [0.1, 0.15) is 49.4 Å². The Labute approximate surface area is 146 Å². The molecule has 1 fully saturated rings. The highest BCUT2D eigenvalue weighted by molar-refractivity contribution is 7.16. The number of hydrogen-bond acceptors (Lipinski definition) is 5. The van der Waals surface area contributed by atoms with Gasteiger partial charge in [0.25, 0.3) is 0 Å². The SMILES string of the molecule is C.C[C@H]1C[C@@]2(C[C@@H](c3cn(C)nn3)N1)OCCc1cc(Cl)sc12. The molecule has 2 aliphatic heterocycles. The molecule has 2 aromatic rings. The number of halogens is 1. The number of piperidine rings is 1. The Morgan fingerprint density at radius 3 is 3.04 bits per heavy atom. The fraction of sp³-hybridized carbons (Fsp3) is 0.625. The van der Waals surface area contributed by atoms with Crippen molar-refractivity contribution in [2.45, 2.75) is 51.3 Å². The van der Waals surface area contributed by atoms with E-state index in [0.29, 0.717) is 6.04 Å². The summed E-state index contributed by atoms with van der Waals surface area (Å²) >= 11 is 7.94. The van der Waals surface area contributed by atoms with Gasteiger partial charge in [0, 0.05) is 30.6 Å². The molecule has 5 nitrogen and oxygen atoms in total. The molecule has 0 radical (unpaired) electrons. The van der Waals surface area contributed by atoms with Crippen LogP contribution in [0.25, 0.3) is 0 Å². The topological polar surface area (TPSA) is 52.0 Å². The maximum atomic E-state index is 6.33. The van der Waals surface area contributed by atoms with Crippen molar-refractivity contribution in [2.75, 3.05) is 6.61 Å². The van der Waals surface area contributed by atoms with Crippen LogP contribution in [0.15, 0.2) is 12.3 Å². The molecular formula is C16H23ClN4OS. The summed E-state index contributed by atoms with van der Waals surface area (Å²) in [6.07, 6.45) is 4.78. The van der Waals surface area contributed by atoms with E-state index >= 15 is 0 Å². The normalized spacial score (nSPS) is 30.0. The Hall–Kier alpha value is -0.950. The molecule has 7 heteroatoms. The first-order chi connectivity index (χ1) is 10.6. The molecule has 0 unspecified atom stereocenters. The van der Waals surface area contributed by atoms with Gasteiger partial charge in [0.05, 0.1) is 22.7 Å². The summed E-state index contributed by atoms with van der Waals surface area (Å²) in [6.45, 7) is 2.97. The van der Waals surface area contributed by atoms with Crippen LogP contribution in [0.4, 0.5) is 0 Å². The summed E-state index contributed by atoms with van der Waals surface area (Å²) in [5.74, 6) is 0. The van der Waals surface area contributed by atoms with Crippen LogP contribution in [-0.4, -0.2) is 27.6 Å². The van der Waals surface area contributed by atoms with E-state index in [2.05, 4.69) is 28.6 Å². The fourth-order valence-electron chi connectivity index (χ4n) is 3.78. The Morgan fingerprint density at radius 1 is 1.48 bits per heavy atom. The minimum Gasteiger partial charge on any atom is -0.369 e. The molecule has 0 amide bonds. The van der Waals surface area contributed by atoms with Crippen LogP contribution in [-0.2, 0) is 23.8 Å². The zero-order chi connectivity index (χ0) is 15.3. The molecular weight excluding hydrogens is 332 g/mol. The van der Waals surface area contributed by atoms with Crippen molar-refractivity contribution in [1.29, 1.82) is 0 Å². The van der Waals surface area contributed by atoms with Crippen molar-refractivity contribution < 1.29 is 4.74 Å². The van der Waals surface area contributed by atoms with Gasteiger partial charge in [-0.15, -0.1) is 16.4 Å². The van der Waals surface area contributed by atoms with Crippen LogP contribution < -0.4 is 5.32 Å². The van der Waals surface area contributed by atoms with Gasteiger partial charge in [0.1, 0.15) is 5.60 Å². The highest BCUT2D eigenvalue weighted by Gasteiger charge is 2.46. The van der Waals surface area contributed by atoms with E-state index in [-0.39, 0.29) is 19.1 Å². The number of rotatable bonds is 1. The number of hydrogen-bond donors (Lipinski definition) is 1. The van der Waals surface area contributed by atoms with Gasteiger partial charge in [-0.25, -0.2) is 0 Å². The van der Waals surface area contributed by atoms with E-state index in [1.807, 2.05) is 13.2 Å². The van der Waals surface area contributed by atoms with E-state index < -0.39 is 0 Å². The predicted molar refractivity (Wildman–Crippen MR) is 93.0 cm³/mol. The number of fused-ring (bicyclic) bond motifs is 2. The minimum absolute atomic E-state index is 0. The quantitative estimate of drug-likeness (QED) is 0.852. The molecule has 0 aliphatic carbocycles. The number of nitrogens with zero attached hydrogens (tertiary/aromatic N) is 3. The molecule has 126 valence electrons. The third-order valence-electron chi connectivity index (χ3n) is 4.58. The van der Waals surface area contributed by atoms with Crippen LogP contribution in [0.3, 0.4) is 0 Å². The summed E-state index contributed by atoms with van der Waals surface area (Å²) < 4.78 is 8.94. The third-order valence-corrected chi connectivity index (χ3v) is 6.07. The van der Waals surface area contributed by atoms with Crippen molar-refractivity contribution in [3.63, 3.8) is 0 Å². The molecule has 0 aromatic carbocycles. The maximum absolute atomic E-state index is 6.33. The van der Waals surface area contributed by atoms with Crippen molar-refractivity contribution >= 4 is 22.9 Å². The van der Waals surface area contributed by atoms with Gasteiger partial charge in [0.15, 0.2) is 0 Å². The molecule has 23 heavy (non-hydrogen) atoms. The van der Waals surface area contributed by atoms with Crippen molar-refractivity contribution in [3.05, 3.63) is 32.7 Å². The molecule has 2 aromatic heterocycles. The second kappa shape index (κ2) is 6.16. The number of aryl methyl sites for hydroxylation is 1. The van der Waals surface area contributed by atoms with Crippen LogP contribution in [0.5, 0.6) is 0 Å². The standard InChI is InChI=1S/C15H19ClN4OS.CH4/c1-9-6-15(7-11(17-9)12-8-20(2)19-18-12)14-10(3-4-21-15)5-13(16)22-14;/h5,8-9,11,17H,3-4,6-7H2,1-2H3;1H4/t9-,11-,15-;/m0./s1. The van der Waals surface area contributed by atoms with E-state index in [4.69, 9.17) is 16.3 Å². The van der Waals surface area contributed by atoms with E-state index in [1.165, 1.54) is 10.4 Å². The average molecular weight is 355 g/mol. The summed E-state index contributed by atoms with van der Waals surface area (Å²) in [4.78, 5) is 1.31. The predicted octanol–water partition coefficient (Wildman–Crippen LogP) is 3.45. The molecule has 4 rings (SSSR count). The highest BCUT2D eigenvalue weighted by Crippen LogP contribution is 2.49. The van der Waals surface area contributed by atoms with E-state index in [1.54, 1.807) is 16.0 Å². The van der Waals surface area contributed by atoms with Crippen molar-refractivity contribution in [3.8, 4) is 0 Å². The molecule has 1 spiro atoms. The molecule has 1 saturated heterocycles. The molecule has 0 saturated carbocycles. The van der Waals surface area contributed by atoms with Gasteiger partial charge in [-0.1, -0.05) is 24.2 Å². The molecule has 3 atom stereocenters. The summed E-state index contributed by atoms with van der Waals surface area (Å²) in [5, 5.41) is 12.0. The van der Waals surface area contributed by atoms with Gasteiger partial charge in [0.2, 0.25) is 0 Å². The van der Waals surface area contributed by atoms with Gasteiger partial charge < -0.3 is 10.1 Å². The molecule has 4 heterocycles. The van der Waals surface area contributed by atoms with Gasteiger partial charge in [-0.3, -0.25) is 4.68 Å². The number of aromatic nitrogens is 3. The summed E-state index contributed by atoms with van der Waals surface area (Å²) in [5.41, 5.74) is 2.10. The Morgan fingerprint density at radius 2 is 2.30 bits per heavy atom. The Kier molecular flexibility index (Phi) is 4.53. The molecule has 0 bridgehead atoms. The molecule has 2 aliphatic rings. The van der Waals surface area contributed by atoms with Gasteiger partial charge >= 0.3 is 0 Å². The highest BCUT2D eigenvalue weighted by atomic mass is 35.5. The van der Waals surface area contributed by atoms with Gasteiger partial charge in [-0.05, 0) is 31.4 Å². The average Bonchev–Trinajstić information content (AvgIpc) is 3.04. The Bertz CT molecular complexity index is 700. The zero-order valence-corrected chi connectivity index (χ0v) is 14.2. The lowest BCUT2D eigenvalue weighted by Crippen LogP contribution is -2.49. The number of thiophene rings is 1. The Balaban J connectivity index is 0.00000156. The van der Waals surface area contributed by atoms with Crippen LogP contribution in [0.2, 0.25) is 4.34 Å². The second-order valence-corrected chi connectivity index (χ2v) is 8.03. The second-order valence-electron chi connectivity index (χ2n) is 6.34. The van der Waals surface area contributed by atoms with Gasteiger partial charge in [-0.2, -0.15) is 0 Å². The molecule has 1 N–H and O–H groups in total. The number of nitrogens with one attached hydrogen (secondary N) is 1. The van der Waals surface area contributed by atoms with Crippen LogP contribution >= 0.6 is 22.9 Å². The van der Waals surface area contributed by atoms with Crippen molar-refractivity contribution in [2.24, 2.45) is 7.05 Å². The van der Waals surface area contributed by atoms with E-state index in [0.717, 1.165) is 35.9 Å². The lowest BCUT2D eigenvalue weighted by molar-refractivity contribution is -0.0957.